The molecule has 1 N–H and O–H groups in total. The van der Waals surface area contributed by atoms with Crippen molar-refractivity contribution in [2.24, 2.45) is 0 Å². The van der Waals surface area contributed by atoms with Gasteiger partial charge >= 0.3 is 5.97 Å². The van der Waals surface area contributed by atoms with E-state index in [1.165, 1.54) is 0 Å². The van der Waals surface area contributed by atoms with Gasteiger partial charge in [0.25, 0.3) is 0 Å². The van der Waals surface area contributed by atoms with Crippen molar-refractivity contribution in [1.29, 1.82) is 0 Å². The summed E-state index contributed by atoms with van der Waals surface area (Å²) in [5, 5.41) is 14.6. The van der Waals surface area contributed by atoms with Crippen LogP contribution in [0.25, 0.3) is 10.9 Å². The van der Waals surface area contributed by atoms with Crippen LogP contribution < -0.4 is 0 Å². The number of aliphatic carboxylic acids is 1. The second-order valence-electron chi connectivity index (χ2n) is 5.69. The molecule has 2 heterocycles. The van der Waals surface area contributed by atoms with Crippen molar-refractivity contribution >= 4 is 44.4 Å². The van der Waals surface area contributed by atoms with E-state index in [9.17, 15) is 4.79 Å². The molecule has 0 spiro atoms. The van der Waals surface area contributed by atoms with Gasteiger partial charge in [-0.1, -0.05) is 11.6 Å². The van der Waals surface area contributed by atoms with Gasteiger partial charge in [-0.2, -0.15) is 5.10 Å². The maximum absolute atomic E-state index is 10.5. The van der Waals surface area contributed by atoms with Gasteiger partial charge < -0.3 is 14.6 Å². The highest BCUT2D eigenvalue weighted by molar-refractivity contribution is 9.10. The molecule has 1 aromatic carbocycles. The number of carbonyl (C=O) groups is 1. The average molecular weight is 418 g/mol. The minimum Gasteiger partial charge on any atom is -0.480 e. The highest BCUT2D eigenvalue weighted by Gasteiger charge is 2.21. The first kappa shape index (κ1) is 17.7. The summed E-state index contributed by atoms with van der Waals surface area (Å²) < 4.78 is 13.7. The summed E-state index contributed by atoms with van der Waals surface area (Å²) >= 11 is 10.0. The quantitative estimate of drug-likeness (QED) is 0.724. The first-order valence-corrected chi connectivity index (χ1v) is 9.00. The Balaban J connectivity index is 1.83. The lowest BCUT2D eigenvalue weighted by Crippen LogP contribution is -2.19. The molecule has 0 saturated carbocycles. The van der Waals surface area contributed by atoms with E-state index >= 15 is 0 Å². The second kappa shape index (κ2) is 7.82. The van der Waals surface area contributed by atoms with E-state index in [0.717, 1.165) is 46.8 Å². The molecule has 0 radical (unpaired) electrons. The van der Waals surface area contributed by atoms with Gasteiger partial charge in [-0.3, -0.25) is 0 Å². The van der Waals surface area contributed by atoms with Crippen LogP contribution in [0, 0.1) is 0 Å². The van der Waals surface area contributed by atoms with Crippen LogP contribution in [0.1, 0.15) is 31.1 Å². The third kappa shape index (κ3) is 3.74. The van der Waals surface area contributed by atoms with Gasteiger partial charge in [0.1, 0.15) is 6.61 Å². The largest absolute Gasteiger partial charge is 0.480 e. The maximum atomic E-state index is 10.5. The number of rotatable bonds is 6. The van der Waals surface area contributed by atoms with Gasteiger partial charge in [0.05, 0.1) is 18.3 Å². The Bertz CT molecular complexity index is 743. The lowest BCUT2D eigenvalue weighted by molar-refractivity contribution is -0.142. The van der Waals surface area contributed by atoms with E-state index in [1.54, 1.807) is 6.20 Å². The van der Waals surface area contributed by atoms with Crippen LogP contribution in [0.15, 0.2) is 16.7 Å². The maximum Gasteiger partial charge on any atom is 0.329 e. The zero-order chi connectivity index (χ0) is 17.1. The number of aromatic nitrogens is 2. The molecule has 0 bridgehead atoms. The Morgan fingerprint density at radius 3 is 3.08 bits per heavy atom. The lowest BCUT2D eigenvalue weighted by atomic mass is 10.1. The Labute approximate surface area is 152 Å². The molecule has 1 atom stereocenters. The minimum absolute atomic E-state index is 0.0519. The fourth-order valence-electron chi connectivity index (χ4n) is 2.87. The predicted octanol–water partition coefficient (Wildman–Crippen LogP) is 3.80. The van der Waals surface area contributed by atoms with Crippen LogP contribution in [-0.4, -0.2) is 40.7 Å². The van der Waals surface area contributed by atoms with Crippen molar-refractivity contribution in [3.63, 3.8) is 0 Å². The Morgan fingerprint density at radius 2 is 2.38 bits per heavy atom. The first-order valence-electron chi connectivity index (χ1n) is 7.83. The number of hydrogen-bond acceptors (Lipinski definition) is 4. The molecule has 0 aliphatic carbocycles. The van der Waals surface area contributed by atoms with Crippen molar-refractivity contribution in [2.75, 3.05) is 19.8 Å². The summed E-state index contributed by atoms with van der Waals surface area (Å²) in [6.07, 6.45) is 5.42. The molecule has 2 aromatic rings. The van der Waals surface area contributed by atoms with Gasteiger partial charge in [-0.25, -0.2) is 9.48 Å². The Morgan fingerprint density at radius 1 is 1.54 bits per heavy atom. The molecule has 1 fully saturated rings. The molecule has 1 aromatic heterocycles. The number of carboxylic acids is 1. The van der Waals surface area contributed by atoms with E-state index in [0.29, 0.717) is 11.4 Å². The van der Waals surface area contributed by atoms with E-state index in [2.05, 4.69) is 21.0 Å². The number of carboxylic acid groups (broad SMARTS) is 1. The normalized spacial score (nSPS) is 18.2. The highest BCUT2D eigenvalue weighted by Crippen LogP contribution is 2.36. The van der Waals surface area contributed by atoms with Gasteiger partial charge in [0, 0.05) is 21.5 Å². The van der Waals surface area contributed by atoms with Crippen molar-refractivity contribution < 1.29 is 19.4 Å². The lowest BCUT2D eigenvalue weighted by Gasteiger charge is -2.23. The molecular weight excluding hydrogens is 400 g/mol. The predicted molar refractivity (Wildman–Crippen MR) is 93.4 cm³/mol. The number of halogens is 2. The third-order valence-electron chi connectivity index (χ3n) is 4.04. The van der Waals surface area contributed by atoms with Crippen LogP contribution in [0.2, 0.25) is 5.02 Å². The zero-order valence-electron chi connectivity index (χ0n) is 13.0. The fraction of sp³-hybridized carbons (Fsp3) is 0.500. The van der Waals surface area contributed by atoms with E-state index < -0.39 is 5.97 Å². The van der Waals surface area contributed by atoms with Crippen LogP contribution in [0.3, 0.4) is 0 Å². The molecule has 0 amide bonds. The van der Waals surface area contributed by atoms with E-state index in [-0.39, 0.29) is 19.4 Å². The topological polar surface area (TPSA) is 73.6 Å². The van der Waals surface area contributed by atoms with Gasteiger partial charge in [-0.05, 0) is 53.2 Å². The van der Waals surface area contributed by atoms with Crippen molar-refractivity contribution in [3.05, 3.63) is 27.3 Å². The average Bonchev–Trinajstić information content (AvgIpc) is 2.98. The number of hydrogen-bond donors (Lipinski definition) is 1. The molecule has 3 rings (SSSR count). The zero-order valence-corrected chi connectivity index (χ0v) is 15.3. The van der Waals surface area contributed by atoms with Crippen LogP contribution in [-0.2, 0) is 20.7 Å². The SMILES string of the molecule is O=C(O)COCCc1c(Cl)cc2c(cnn2C2CCCCO2)c1Br. The monoisotopic (exact) mass is 416 g/mol. The Hall–Kier alpha value is -1.15. The molecule has 8 heteroatoms. The molecule has 1 saturated heterocycles. The van der Waals surface area contributed by atoms with Crippen molar-refractivity contribution in [1.82, 2.24) is 9.78 Å². The summed E-state index contributed by atoms with van der Waals surface area (Å²) in [4.78, 5) is 10.5. The summed E-state index contributed by atoms with van der Waals surface area (Å²) in [5.74, 6) is -0.982. The highest BCUT2D eigenvalue weighted by atomic mass is 79.9. The summed E-state index contributed by atoms with van der Waals surface area (Å²) in [5.41, 5.74) is 1.81. The third-order valence-corrected chi connectivity index (χ3v) is 5.28. The van der Waals surface area contributed by atoms with Crippen molar-refractivity contribution in [2.45, 2.75) is 31.9 Å². The summed E-state index contributed by atoms with van der Waals surface area (Å²) in [7, 11) is 0. The molecule has 24 heavy (non-hydrogen) atoms. The molecular formula is C16H18BrClN2O4. The number of benzene rings is 1. The van der Waals surface area contributed by atoms with Crippen LogP contribution >= 0.6 is 27.5 Å². The van der Waals surface area contributed by atoms with Gasteiger partial charge in [0.2, 0.25) is 0 Å². The summed E-state index contributed by atoms with van der Waals surface area (Å²) in [6, 6.07) is 1.89. The number of ether oxygens (including phenoxy) is 2. The number of nitrogens with zero attached hydrogens (tertiary/aromatic N) is 2. The van der Waals surface area contributed by atoms with E-state index in [1.807, 2.05) is 10.7 Å². The molecule has 130 valence electrons. The summed E-state index contributed by atoms with van der Waals surface area (Å²) in [6.45, 7) is 0.727. The minimum atomic E-state index is -0.982. The smallest absolute Gasteiger partial charge is 0.329 e. The standard InChI is InChI=1S/C16H18BrClN2O4/c17-16-10(4-6-23-9-15(21)22)12(18)7-13-11(16)8-19-20(13)14-3-1-2-5-24-14/h7-8,14H,1-6,9H2,(H,21,22). The first-order chi connectivity index (χ1) is 11.6. The second-order valence-corrected chi connectivity index (χ2v) is 6.89. The van der Waals surface area contributed by atoms with Crippen molar-refractivity contribution in [3.8, 4) is 0 Å². The number of fused-ring (bicyclic) bond motifs is 1. The van der Waals surface area contributed by atoms with Gasteiger partial charge in [-0.15, -0.1) is 0 Å². The van der Waals surface area contributed by atoms with Crippen LogP contribution in [0.5, 0.6) is 0 Å². The van der Waals surface area contributed by atoms with Crippen LogP contribution in [0.4, 0.5) is 0 Å². The van der Waals surface area contributed by atoms with Gasteiger partial charge in [0.15, 0.2) is 6.23 Å². The van der Waals surface area contributed by atoms with E-state index in [4.69, 9.17) is 26.2 Å². The molecule has 6 nitrogen and oxygen atoms in total. The molecule has 1 unspecified atom stereocenters. The molecule has 1 aliphatic heterocycles. The molecule has 1 aliphatic rings. The Kier molecular flexibility index (Phi) is 5.76. The fourth-order valence-corrected chi connectivity index (χ4v) is 3.99.